The van der Waals surface area contributed by atoms with E-state index in [-0.39, 0.29) is 23.9 Å². The Balaban J connectivity index is 1.50. The summed E-state index contributed by atoms with van der Waals surface area (Å²) in [4.78, 5) is 35.7. The second-order valence-electron chi connectivity index (χ2n) is 6.15. The molecule has 0 fully saturated rings. The van der Waals surface area contributed by atoms with Crippen molar-refractivity contribution in [3.8, 4) is 0 Å². The van der Waals surface area contributed by atoms with Gasteiger partial charge in [0, 0.05) is 11.3 Å². The van der Waals surface area contributed by atoms with Crippen LogP contribution in [0.2, 0.25) is 0 Å². The van der Waals surface area contributed by atoms with Crippen LogP contribution in [0.3, 0.4) is 0 Å². The minimum absolute atomic E-state index is 0.0167. The van der Waals surface area contributed by atoms with Gasteiger partial charge in [0.05, 0.1) is 30.6 Å². The van der Waals surface area contributed by atoms with Gasteiger partial charge in [-0.05, 0) is 48.5 Å². The van der Waals surface area contributed by atoms with Crippen LogP contribution in [0.15, 0.2) is 71.3 Å². The second kappa shape index (κ2) is 9.23. The van der Waals surface area contributed by atoms with Gasteiger partial charge in [-0.1, -0.05) is 12.1 Å². The van der Waals surface area contributed by atoms with Crippen molar-refractivity contribution in [1.29, 1.82) is 0 Å². The number of furan rings is 1. The van der Waals surface area contributed by atoms with E-state index in [1.165, 1.54) is 0 Å². The van der Waals surface area contributed by atoms with Crippen LogP contribution in [-0.2, 0) is 11.3 Å². The molecule has 148 valence electrons. The first kappa shape index (κ1) is 19.7. The highest BCUT2D eigenvalue weighted by atomic mass is 16.3. The molecule has 8 heteroatoms. The molecule has 3 rings (SSSR count). The number of hydrogen-bond donors (Lipinski definition) is 4. The van der Waals surface area contributed by atoms with Gasteiger partial charge in [0.15, 0.2) is 0 Å². The molecule has 8 nitrogen and oxygen atoms in total. The third kappa shape index (κ3) is 5.46. The van der Waals surface area contributed by atoms with E-state index in [1.807, 2.05) is 0 Å². The van der Waals surface area contributed by atoms with Gasteiger partial charge in [0.2, 0.25) is 5.91 Å². The first-order valence-corrected chi connectivity index (χ1v) is 8.86. The van der Waals surface area contributed by atoms with Crippen molar-refractivity contribution in [2.75, 3.05) is 17.2 Å². The number of carbonyl (C=O) groups is 3. The lowest BCUT2D eigenvalue weighted by molar-refractivity contribution is -0.114. The Bertz CT molecular complexity index is 998. The summed E-state index contributed by atoms with van der Waals surface area (Å²) in [6.07, 6.45) is 1.55. The highest BCUT2D eigenvalue weighted by molar-refractivity contribution is 6.03. The van der Waals surface area contributed by atoms with Crippen LogP contribution in [0.4, 0.5) is 11.4 Å². The molecule has 0 atom stereocenters. The Morgan fingerprint density at radius 3 is 2.38 bits per heavy atom. The third-order valence-corrected chi connectivity index (χ3v) is 4.07. The van der Waals surface area contributed by atoms with Gasteiger partial charge in [0.1, 0.15) is 5.76 Å². The van der Waals surface area contributed by atoms with E-state index in [0.717, 1.165) is 0 Å². The van der Waals surface area contributed by atoms with E-state index in [0.29, 0.717) is 29.2 Å². The van der Waals surface area contributed by atoms with Crippen molar-refractivity contribution in [1.82, 2.24) is 5.32 Å². The van der Waals surface area contributed by atoms with Crippen molar-refractivity contribution < 1.29 is 18.8 Å². The zero-order valence-electron chi connectivity index (χ0n) is 15.5. The molecule has 0 spiro atoms. The lowest BCUT2D eigenvalue weighted by Gasteiger charge is -2.10. The number of rotatable bonds is 8. The van der Waals surface area contributed by atoms with Crippen LogP contribution in [0.1, 0.15) is 26.5 Å². The van der Waals surface area contributed by atoms with Crippen LogP contribution >= 0.6 is 0 Å². The Kier molecular flexibility index (Phi) is 6.26. The van der Waals surface area contributed by atoms with Crippen LogP contribution < -0.4 is 21.7 Å². The molecule has 0 aliphatic rings. The van der Waals surface area contributed by atoms with E-state index >= 15 is 0 Å². The number of para-hydroxylation sites is 1. The average molecular weight is 392 g/mol. The highest BCUT2D eigenvalue weighted by Crippen LogP contribution is 2.14. The van der Waals surface area contributed by atoms with E-state index in [2.05, 4.69) is 16.0 Å². The Morgan fingerprint density at radius 1 is 0.931 bits per heavy atom. The van der Waals surface area contributed by atoms with E-state index in [9.17, 15) is 14.4 Å². The molecule has 29 heavy (non-hydrogen) atoms. The Labute approximate surface area is 167 Å². The van der Waals surface area contributed by atoms with Gasteiger partial charge in [-0.3, -0.25) is 14.4 Å². The van der Waals surface area contributed by atoms with Gasteiger partial charge in [-0.2, -0.15) is 0 Å². The molecule has 0 saturated carbocycles. The highest BCUT2D eigenvalue weighted by Gasteiger charge is 2.10. The molecule has 3 amide bonds. The first-order valence-electron chi connectivity index (χ1n) is 8.86. The maximum atomic E-state index is 12.1. The van der Waals surface area contributed by atoms with E-state index < -0.39 is 5.91 Å². The van der Waals surface area contributed by atoms with Gasteiger partial charge in [-0.25, -0.2) is 0 Å². The van der Waals surface area contributed by atoms with Crippen LogP contribution in [0.5, 0.6) is 0 Å². The minimum atomic E-state index is -0.616. The second-order valence-corrected chi connectivity index (χ2v) is 6.15. The SMILES string of the molecule is NC(=O)c1ccccc1NC(=O)CNc1ccc(C(=O)NCc2ccco2)cc1. The Hall–Kier alpha value is -4.07. The standard InChI is InChI=1S/C21H20N4O4/c22-20(27)17-5-1-2-6-18(17)25-19(26)13-23-15-9-7-14(8-10-15)21(28)24-12-16-4-3-11-29-16/h1-11,23H,12-13H2,(H2,22,27)(H,24,28)(H,25,26). The van der Waals surface area contributed by atoms with Crippen molar-refractivity contribution in [2.24, 2.45) is 5.73 Å². The third-order valence-electron chi connectivity index (χ3n) is 4.07. The van der Waals surface area contributed by atoms with Crippen molar-refractivity contribution >= 4 is 29.1 Å². The zero-order chi connectivity index (χ0) is 20.6. The zero-order valence-corrected chi connectivity index (χ0v) is 15.5. The molecule has 0 aliphatic carbocycles. The molecule has 2 aromatic carbocycles. The summed E-state index contributed by atoms with van der Waals surface area (Å²) in [7, 11) is 0. The molecule has 0 unspecified atom stereocenters. The van der Waals surface area contributed by atoms with Crippen LogP contribution in [-0.4, -0.2) is 24.3 Å². The lowest BCUT2D eigenvalue weighted by atomic mass is 10.1. The average Bonchev–Trinajstić information content (AvgIpc) is 3.25. The molecule has 5 N–H and O–H groups in total. The fraction of sp³-hybridized carbons (Fsp3) is 0.0952. The number of benzene rings is 2. The predicted octanol–water partition coefficient (Wildman–Crippen LogP) is 2.36. The molecule has 0 radical (unpaired) electrons. The molecule has 0 bridgehead atoms. The van der Waals surface area contributed by atoms with E-state index in [1.54, 1.807) is 66.9 Å². The number of anilines is 2. The topological polar surface area (TPSA) is 126 Å². The molecule has 0 saturated heterocycles. The fourth-order valence-corrected chi connectivity index (χ4v) is 2.61. The number of primary amides is 1. The quantitative estimate of drug-likeness (QED) is 0.468. The summed E-state index contributed by atoms with van der Waals surface area (Å²) >= 11 is 0. The maximum absolute atomic E-state index is 12.1. The summed E-state index contributed by atoms with van der Waals surface area (Å²) in [5, 5.41) is 8.36. The van der Waals surface area contributed by atoms with Crippen molar-refractivity contribution in [2.45, 2.75) is 6.54 Å². The lowest BCUT2D eigenvalue weighted by Crippen LogP contribution is -2.24. The molecule has 0 aliphatic heterocycles. The summed E-state index contributed by atoms with van der Waals surface area (Å²) < 4.78 is 5.17. The summed E-state index contributed by atoms with van der Waals surface area (Å²) in [5.74, 6) is -0.511. The number of nitrogens with two attached hydrogens (primary N) is 1. The van der Waals surface area contributed by atoms with Gasteiger partial charge in [-0.15, -0.1) is 0 Å². The smallest absolute Gasteiger partial charge is 0.251 e. The number of hydrogen-bond acceptors (Lipinski definition) is 5. The molecule has 3 aromatic rings. The molecule has 1 aromatic heterocycles. The van der Waals surface area contributed by atoms with Crippen molar-refractivity contribution in [3.05, 3.63) is 83.8 Å². The molecule has 1 heterocycles. The van der Waals surface area contributed by atoms with Gasteiger partial charge in [0.25, 0.3) is 11.8 Å². The van der Waals surface area contributed by atoms with E-state index in [4.69, 9.17) is 10.2 Å². The minimum Gasteiger partial charge on any atom is -0.467 e. The largest absolute Gasteiger partial charge is 0.467 e. The van der Waals surface area contributed by atoms with Gasteiger partial charge >= 0.3 is 0 Å². The Morgan fingerprint density at radius 2 is 1.69 bits per heavy atom. The molecular weight excluding hydrogens is 372 g/mol. The molecular formula is C21H20N4O4. The first-order chi connectivity index (χ1) is 14.0. The van der Waals surface area contributed by atoms with Gasteiger partial charge < -0.3 is 26.1 Å². The fourth-order valence-electron chi connectivity index (χ4n) is 2.61. The summed E-state index contributed by atoms with van der Waals surface area (Å²) in [5.41, 5.74) is 7.06. The number of carbonyl (C=O) groups excluding carboxylic acids is 3. The maximum Gasteiger partial charge on any atom is 0.251 e. The van der Waals surface area contributed by atoms with Crippen LogP contribution in [0, 0.1) is 0 Å². The van der Waals surface area contributed by atoms with Crippen LogP contribution in [0.25, 0.3) is 0 Å². The summed E-state index contributed by atoms with van der Waals surface area (Å²) in [6, 6.07) is 16.8. The normalized spacial score (nSPS) is 10.2. The predicted molar refractivity (Wildman–Crippen MR) is 108 cm³/mol. The van der Waals surface area contributed by atoms with Crippen molar-refractivity contribution in [3.63, 3.8) is 0 Å². The monoisotopic (exact) mass is 392 g/mol. The summed E-state index contributed by atoms with van der Waals surface area (Å²) in [6.45, 7) is 0.288. The number of nitrogens with one attached hydrogen (secondary N) is 3. The number of amides is 3.